The molecule has 1 rings (SSSR count). The first-order valence-electron chi connectivity index (χ1n) is 4.41. The molecule has 0 aliphatic rings. The lowest BCUT2D eigenvalue weighted by Gasteiger charge is -2.12. The van der Waals surface area contributed by atoms with Gasteiger partial charge in [0.05, 0.1) is 24.9 Å². The van der Waals surface area contributed by atoms with Crippen molar-refractivity contribution in [2.45, 2.75) is 0 Å². The summed E-state index contributed by atoms with van der Waals surface area (Å²) in [6.45, 7) is 0. The van der Waals surface area contributed by atoms with E-state index in [4.69, 9.17) is 21.1 Å². The van der Waals surface area contributed by atoms with Crippen molar-refractivity contribution in [2.24, 2.45) is 0 Å². The number of hydrogen-bond donors (Lipinski definition) is 1. The summed E-state index contributed by atoms with van der Waals surface area (Å²) in [5.74, 6) is 0.823. The van der Waals surface area contributed by atoms with Gasteiger partial charge in [0, 0.05) is 12.1 Å². The average Bonchev–Trinajstić information content (AvgIpc) is 2.31. The second-order valence-electron chi connectivity index (χ2n) is 3.01. The van der Waals surface area contributed by atoms with Crippen LogP contribution in [0.4, 0.5) is 5.69 Å². The molecule has 5 nitrogen and oxygen atoms in total. The smallest absolute Gasteiger partial charge is 0.242 e. The molecule has 0 saturated heterocycles. The Labute approximate surface area is 113 Å². The van der Waals surface area contributed by atoms with Gasteiger partial charge in [-0.3, -0.25) is 4.72 Å². The fourth-order valence-corrected chi connectivity index (χ4v) is 2.29. The molecule has 0 saturated carbocycles. The Morgan fingerprint density at radius 2 is 1.82 bits per heavy atom. The summed E-state index contributed by atoms with van der Waals surface area (Å²) in [5.41, 5.74) is 0.240. The van der Waals surface area contributed by atoms with Crippen molar-refractivity contribution < 1.29 is 17.9 Å². The number of ether oxygens (including phenoxy) is 2. The first-order chi connectivity index (χ1) is 7.93. The van der Waals surface area contributed by atoms with Gasteiger partial charge in [0.25, 0.3) is 0 Å². The van der Waals surface area contributed by atoms with Gasteiger partial charge in [-0.2, -0.15) is 0 Å². The Morgan fingerprint density at radius 3 is 2.29 bits per heavy atom. The van der Waals surface area contributed by atoms with Gasteiger partial charge in [0.1, 0.15) is 4.66 Å². The number of methoxy groups -OCH3 is 2. The zero-order valence-electron chi connectivity index (χ0n) is 9.16. The summed E-state index contributed by atoms with van der Waals surface area (Å²) in [6.07, 6.45) is 0. The van der Waals surface area contributed by atoms with E-state index in [2.05, 4.69) is 20.7 Å². The highest BCUT2D eigenvalue weighted by atomic mass is 79.9. The molecular weight excluding hydrogens is 334 g/mol. The van der Waals surface area contributed by atoms with Gasteiger partial charge in [0.2, 0.25) is 10.0 Å². The highest BCUT2D eigenvalue weighted by Gasteiger charge is 2.14. The molecule has 17 heavy (non-hydrogen) atoms. The van der Waals surface area contributed by atoms with Crippen LogP contribution in [0.15, 0.2) is 12.1 Å². The SMILES string of the molecule is COc1cc(Cl)c(NS(=O)(=O)CBr)cc1OC. The number of alkyl halides is 1. The fraction of sp³-hybridized carbons (Fsp3) is 0.333. The highest BCUT2D eigenvalue weighted by Crippen LogP contribution is 2.36. The molecule has 96 valence electrons. The molecule has 0 aromatic heterocycles. The lowest BCUT2D eigenvalue weighted by atomic mass is 10.3. The number of anilines is 1. The molecular formula is C9H11BrClNO4S. The molecule has 0 radical (unpaired) electrons. The topological polar surface area (TPSA) is 64.6 Å². The van der Waals surface area contributed by atoms with Gasteiger partial charge in [-0.05, 0) is 0 Å². The monoisotopic (exact) mass is 343 g/mol. The van der Waals surface area contributed by atoms with Crippen LogP contribution in [0.1, 0.15) is 0 Å². The van der Waals surface area contributed by atoms with Crippen LogP contribution >= 0.6 is 27.5 Å². The maximum atomic E-state index is 11.4. The number of halogens is 2. The zero-order chi connectivity index (χ0) is 13.1. The molecule has 0 atom stereocenters. The quantitative estimate of drug-likeness (QED) is 0.833. The predicted molar refractivity (Wildman–Crippen MR) is 70.9 cm³/mol. The van der Waals surface area contributed by atoms with Crippen LogP contribution in [0.2, 0.25) is 5.02 Å². The summed E-state index contributed by atoms with van der Waals surface area (Å²) in [7, 11) is -0.532. The zero-order valence-corrected chi connectivity index (χ0v) is 12.3. The van der Waals surface area contributed by atoms with Crippen molar-refractivity contribution >= 4 is 43.2 Å². The summed E-state index contributed by atoms with van der Waals surface area (Å²) in [6, 6.07) is 2.94. The van der Waals surface area contributed by atoms with E-state index in [1.165, 1.54) is 26.4 Å². The minimum atomic E-state index is -3.45. The van der Waals surface area contributed by atoms with Crippen molar-refractivity contribution in [3.8, 4) is 11.5 Å². The standard InChI is InChI=1S/C9H11BrClNO4S/c1-15-8-3-6(11)7(4-9(8)16-2)12-17(13,14)5-10/h3-4,12H,5H2,1-2H3. The van der Waals surface area contributed by atoms with E-state index in [1.807, 2.05) is 0 Å². The van der Waals surface area contributed by atoms with Crippen molar-refractivity contribution in [2.75, 3.05) is 23.6 Å². The Balaban J connectivity index is 3.18. The molecule has 0 fully saturated rings. The van der Waals surface area contributed by atoms with E-state index in [1.54, 1.807) is 0 Å². The average molecular weight is 345 g/mol. The lowest BCUT2D eigenvalue weighted by Crippen LogP contribution is -2.13. The van der Waals surface area contributed by atoms with Crippen LogP contribution in [-0.2, 0) is 10.0 Å². The summed E-state index contributed by atoms with van der Waals surface area (Å²) < 4.78 is 35.0. The number of benzene rings is 1. The van der Waals surface area contributed by atoms with Crippen molar-refractivity contribution in [1.82, 2.24) is 0 Å². The van der Waals surface area contributed by atoms with Crippen LogP contribution < -0.4 is 14.2 Å². The summed E-state index contributed by atoms with van der Waals surface area (Å²) in [5, 5.41) is 0.229. The van der Waals surface area contributed by atoms with Crippen LogP contribution in [-0.4, -0.2) is 27.3 Å². The third-order valence-electron chi connectivity index (χ3n) is 1.88. The second-order valence-corrected chi connectivity index (χ2v) is 6.45. The van der Waals surface area contributed by atoms with Crippen molar-refractivity contribution in [3.05, 3.63) is 17.2 Å². The summed E-state index contributed by atoms with van der Waals surface area (Å²) >= 11 is 8.79. The number of nitrogens with one attached hydrogen (secondary N) is 1. The second kappa shape index (κ2) is 5.79. The van der Waals surface area contributed by atoms with Crippen LogP contribution in [0, 0.1) is 0 Å². The van der Waals surface area contributed by atoms with Crippen molar-refractivity contribution in [1.29, 1.82) is 0 Å². The molecule has 0 amide bonds. The molecule has 0 unspecified atom stereocenters. The summed E-state index contributed by atoms with van der Waals surface area (Å²) in [4.78, 5) is 0. The molecule has 1 aromatic rings. The number of rotatable bonds is 5. The molecule has 1 N–H and O–H groups in total. The van der Waals surface area contributed by atoms with Gasteiger partial charge in [-0.1, -0.05) is 27.5 Å². The molecule has 0 aliphatic heterocycles. The predicted octanol–water partition coefficient (Wildman–Crippen LogP) is 2.45. The molecule has 0 aliphatic carbocycles. The minimum absolute atomic E-state index is 0.218. The molecule has 0 bridgehead atoms. The molecule has 1 aromatic carbocycles. The Hall–Kier alpha value is -0.660. The van der Waals surface area contributed by atoms with Gasteiger partial charge in [-0.15, -0.1) is 0 Å². The minimum Gasteiger partial charge on any atom is -0.493 e. The van der Waals surface area contributed by atoms with Crippen LogP contribution in [0.25, 0.3) is 0 Å². The lowest BCUT2D eigenvalue weighted by molar-refractivity contribution is 0.355. The maximum absolute atomic E-state index is 11.4. The first-order valence-corrected chi connectivity index (χ1v) is 7.56. The van der Waals surface area contributed by atoms with E-state index >= 15 is 0 Å². The van der Waals surface area contributed by atoms with E-state index in [0.29, 0.717) is 11.5 Å². The van der Waals surface area contributed by atoms with Gasteiger partial charge < -0.3 is 9.47 Å². The maximum Gasteiger partial charge on any atom is 0.242 e. The third kappa shape index (κ3) is 3.65. The first kappa shape index (κ1) is 14.4. The van der Waals surface area contributed by atoms with Crippen LogP contribution in [0.5, 0.6) is 11.5 Å². The number of sulfonamides is 1. The largest absolute Gasteiger partial charge is 0.493 e. The van der Waals surface area contributed by atoms with E-state index in [-0.39, 0.29) is 15.4 Å². The molecule has 0 heterocycles. The molecule has 0 spiro atoms. The number of hydrogen-bond acceptors (Lipinski definition) is 4. The fourth-order valence-electron chi connectivity index (χ4n) is 1.13. The van der Waals surface area contributed by atoms with Crippen molar-refractivity contribution in [3.63, 3.8) is 0 Å². The normalized spacial score (nSPS) is 11.1. The van der Waals surface area contributed by atoms with Gasteiger partial charge in [0.15, 0.2) is 11.5 Å². The Kier molecular flexibility index (Phi) is 4.91. The Bertz CT molecular complexity index is 506. The van der Waals surface area contributed by atoms with E-state index < -0.39 is 10.0 Å². The molecule has 8 heteroatoms. The van der Waals surface area contributed by atoms with E-state index in [0.717, 1.165) is 0 Å². The third-order valence-corrected chi connectivity index (χ3v) is 4.82. The van der Waals surface area contributed by atoms with Gasteiger partial charge in [-0.25, -0.2) is 8.42 Å². The Morgan fingerprint density at radius 1 is 1.29 bits per heavy atom. The highest BCUT2D eigenvalue weighted by molar-refractivity contribution is 9.10. The van der Waals surface area contributed by atoms with E-state index in [9.17, 15) is 8.42 Å². The van der Waals surface area contributed by atoms with Gasteiger partial charge >= 0.3 is 0 Å². The van der Waals surface area contributed by atoms with Crippen LogP contribution in [0.3, 0.4) is 0 Å².